The fraction of sp³-hybridized carbons (Fsp3) is 0.280. The molecule has 10 nitrogen and oxygen atoms in total. The average molecular weight is 543 g/mol. The fourth-order valence-electron chi connectivity index (χ4n) is 3.09. The third-order valence-electron chi connectivity index (χ3n) is 4.72. The van der Waals surface area contributed by atoms with Crippen molar-refractivity contribution in [2.45, 2.75) is 12.1 Å². The summed E-state index contributed by atoms with van der Waals surface area (Å²) in [5.74, 6) is 2.53. The molecule has 0 saturated carbocycles. The molecule has 0 aliphatic rings. The first kappa shape index (κ1) is 27.6. The molecule has 3 rings (SSSR count). The lowest BCUT2D eigenvalue weighted by Gasteiger charge is -2.16. The largest absolute Gasteiger partial charge is 0.493 e. The van der Waals surface area contributed by atoms with E-state index in [0.717, 1.165) is 17.3 Å². The Morgan fingerprint density at radius 2 is 1.70 bits per heavy atom. The predicted octanol–water partition coefficient (Wildman–Crippen LogP) is 4.68. The van der Waals surface area contributed by atoms with E-state index in [1.54, 1.807) is 31.4 Å². The van der Waals surface area contributed by atoms with Crippen molar-refractivity contribution in [3.05, 3.63) is 47.5 Å². The average Bonchev–Trinajstić information content (AvgIpc) is 3.36. The molecule has 37 heavy (non-hydrogen) atoms. The van der Waals surface area contributed by atoms with E-state index >= 15 is 0 Å². The molecule has 0 atom stereocenters. The van der Waals surface area contributed by atoms with Crippen molar-refractivity contribution in [2.24, 2.45) is 0 Å². The molecule has 3 aromatic rings. The maximum Gasteiger partial charge on any atom is 0.268 e. The number of rotatable bonds is 13. The van der Waals surface area contributed by atoms with Gasteiger partial charge in [-0.2, -0.15) is 14.6 Å². The summed E-state index contributed by atoms with van der Waals surface area (Å²) < 4.78 is 32.0. The Balaban J connectivity index is 1.72. The van der Waals surface area contributed by atoms with Crippen molar-refractivity contribution in [3.8, 4) is 34.8 Å². The van der Waals surface area contributed by atoms with E-state index in [0.29, 0.717) is 44.6 Å². The van der Waals surface area contributed by atoms with Crippen LogP contribution in [0.15, 0.2) is 47.1 Å². The Hall–Kier alpha value is -3.95. The molecule has 12 heteroatoms. The summed E-state index contributed by atoms with van der Waals surface area (Å²) in [7, 11) is 4.55. The zero-order valence-electron chi connectivity index (χ0n) is 20.8. The van der Waals surface area contributed by atoms with Crippen LogP contribution in [0.25, 0.3) is 6.08 Å². The minimum Gasteiger partial charge on any atom is -0.493 e. The molecule has 0 fully saturated rings. The molecule has 0 aliphatic heterocycles. The molecule has 0 bridgehead atoms. The number of hydrogen-bond donors (Lipinski definition) is 1. The number of para-hydroxylation sites is 2. The van der Waals surface area contributed by atoms with Gasteiger partial charge in [0.25, 0.3) is 5.91 Å². The zero-order valence-corrected chi connectivity index (χ0v) is 22.4. The van der Waals surface area contributed by atoms with E-state index < -0.39 is 5.91 Å². The van der Waals surface area contributed by atoms with Crippen LogP contribution in [0.4, 0.5) is 5.13 Å². The Morgan fingerprint density at radius 1 is 1.05 bits per heavy atom. The van der Waals surface area contributed by atoms with Crippen LogP contribution in [0.3, 0.4) is 0 Å². The van der Waals surface area contributed by atoms with Crippen molar-refractivity contribution >= 4 is 40.4 Å². The highest BCUT2D eigenvalue weighted by atomic mass is 32.2. The van der Waals surface area contributed by atoms with Crippen LogP contribution in [0.5, 0.6) is 28.7 Å². The van der Waals surface area contributed by atoms with Gasteiger partial charge >= 0.3 is 0 Å². The minimum atomic E-state index is -0.599. The second-order valence-electron chi connectivity index (χ2n) is 7.04. The van der Waals surface area contributed by atoms with Gasteiger partial charge in [-0.05, 0) is 41.7 Å². The number of anilines is 1. The Bertz CT molecular complexity index is 1260. The van der Waals surface area contributed by atoms with E-state index in [1.165, 1.54) is 32.1 Å². The lowest BCUT2D eigenvalue weighted by Crippen LogP contribution is -2.13. The number of ether oxygens (including phenoxy) is 5. The van der Waals surface area contributed by atoms with Gasteiger partial charge < -0.3 is 23.7 Å². The van der Waals surface area contributed by atoms with E-state index in [-0.39, 0.29) is 18.8 Å². The van der Waals surface area contributed by atoms with Gasteiger partial charge in [0.2, 0.25) is 16.0 Å². The van der Waals surface area contributed by atoms with E-state index in [2.05, 4.69) is 14.7 Å². The summed E-state index contributed by atoms with van der Waals surface area (Å²) in [5, 5.41) is 13.1. The SMILES string of the molecule is CCSc1nsc(NC(=O)/C(C#N)=C\c2cc(OC)c(OCCOc3ccccc3OC)c(OC)c2)n1. The van der Waals surface area contributed by atoms with E-state index in [4.69, 9.17) is 23.7 Å². The molecule has 0 aliphatic carbocycles. The quantitative estimate of drug-likeness (QED) is 0.141. The molecule has 1 N–H and O–H groups in total. The van der Waals surface area contributed by atoms with Gasteiger partial charge in [-0.25, -0.2) is 0 Å². The smallest absolute Gasteiger partial charge is 0.268 e. The fourth-order valence-corrected chi connectivity index (χ4v) is 4.35. The van der Waals surface area contributed by atoms with Crippen LogP contribution >= 0.6 is 23.3 Å². The summed E-state index contributed by atoms with van der Waals surface area (Å²) in [4.78, 5) is 16.9. The van der Waals surface area contributed by atoms with Crippen molar-refractivity contribution < 1.29 is 28.5 Å². The summed E-state index contributed by atoms with van der Waals surface area (Å²) >= 11 is 2.51. The monoisotopic (exact) mass is 542 g/mol. The zero-order chi connectivity index (χ0) is 26.6. The lowest BCUT2D eigenvalue weighted by molar-refractivity contribution is -0.112. The topological polar surface area (TPSA) is 125 Å². The number of nitriles is 1. The Kier molecular flexibility index (Phi) is 10.4. The molecule has 1 heterocycles. The molecule has 0 unspecified atom stereocenters. The standard InChI is InChI=1S/C25H26N4O6S2/c1-5-36-25-28-24(37-29-25)27-23(30)17(15-26)12-16-13-20(32-3)22(21(14-16)33-4)35-11-10-34-19-9-7-6-8-18(19)31-2/h6-9,12-14H,5,10-11H2,1-4H3,(H,27,28,29,30)/b17-12-. The maximum absolute atomic E-state index is 12.6. The maximum atomic E-state index is 12.6. The highest BCUT2D eigenvalue weighted by Crippen LogP contribution is 2.39. The van der Waals surface area contributed by atoms with Gasteiger partial charge in [0.15, 0.2) is 23.0 Å². The second kappa shape index (κ2) is 14.0. The van der Waals surface area contributed by atoms with E-state index in [9.17, 15) is 10.1 Å². The number of nitrogens with one attached hydrogen (secondary N) is 1. The first-order valence-electron chi connectivity index (χ1n) is 11.1. The molecule has 0 saturated heterocycles. The van der Waals surface area contributed by atoms with Crippen LogP contribution in [0, 0.1) is 11.3 Å². The highest BCUT2D eigenvalue weighted by Gasteiger charge is 2.17. The molecule has 1 amide bonds. The summed E-state index contributed by atoms with van der Waals surface area (Å²) in [5.41, 5.74) is 0.389. The lowest BCUT2D eigenvalue weighted by atomic mass is 10.1. The number of benzene rings is 2. The number of carbonyl (C=O) groups excluding carboxylic acids is 1. The number of hydrogen-bond acceptors (Lipinski definition) is 11. The van der Waals surface area contributed by atoms with Gasteiger partial charge in [0, 0.05) is 11.5 Å². The first-order valence-corrected chi connectivity index (χ1v) is 12.8. The van der Waals surface area contributed by atoms with Gasteiger partial charge in [0.1, 0.15) is 24.9 Å². The van der Waals surface area contributed by atoms with Gasteiger partial charge in [-0.15, -0.1) is 0 Å². The summed E-state index contributed by atoms with van der Waals surface area (Å²) in [6.45, 7) is 2.43. The molecule has 0 radical (unpaired) electrons. The van der Waals surface area contributed by atoms with Crippen molar-refractivity contribution in [3.63, 3.8) is 0 Å². The number of thioether (sulfide) groups is 1. The van der Waals surface area contributed by atoms with Gasteiger partial charge in [-0.3, -0.25) is 10.1 Å². The number of nitrogens with zero attached hydrogens (tertiary/aromatic N) is 3. The van der Waals surface area contributed by atoms with Crippen molar-refractivity contribution in [2.75, 3.05) is 45.6 Å². The third-order valence-corrected chi connectivity index (χ3v) is 6.19. The minimum absolute atomic E-state index is 0.122. The van der Waals surface area contributed by atoms with Crippen molar-refractivity contribution in [1.29, 1.82) is 5.26 Å². The highest BCUT2D eigenvalue weighted by molar-refractivity contribution is 7.99. The molecular formula is C25H26N4O6S2. The molecule has 1 aromatic heterocycles. The number of methoxy groups -OCH3 is 3. The van der Waals surface area contributed by atoms with Crippen molar-refractivity contribution in [1.82, 2.24) is 9.36 Å². The molecular weight excluding hydrogens is 516 g/mol. The van der Waals surface area contributed by atoms with Crippen LogP contribution in [0.1, 0.15) is 12.5 Å². The second-order valence-corrected chi connectivity index (χ2v) is 9.02. The Labute approximate surface area is 223 Å². The van der Waals surface area contributed by atoms with Crippen LogP contribution in [0.2, 0.25) is 0 Å². The third kappa shape index (κ3) is 7.52. The normalized spacial score (nSPS) is 10.8. The summed E-state index contributed by atoms with van der Waals surface area (Å²) in [6, 6.07) is 12.5. The summed E-state index contributed by atoms with van der Waals surface area (Å²) in [6.07, 6.45) is 1.43. The van der Waals surface area contributed by atoms with E-state index in [1.807, 2.05) is 25.1 Å². The van der Waals surface area contributed by atoms with Gasteiger partial charge in [-0.1, -0.05) is 30.8 Å². The number of aromatic nitrogens is 2. The Morgan fingerprint density at radius 3 is 2.32 bits per heavy atom. The molecule has 2 aromatic carbocycles. The predicted molar refractivity (Wildman–Crippen MR) is 142 cm³/mol. The van der Waals surface area contributed by atoms with Gasteiger partial charge in [0.05, 0.1) is 21.3 Å². The first-order chi connectivity index (χ1) is 18.0. The molecule has 0 spiro atoms. The number of amides is 1. The van der Waals surface area contributed by atoms with Crippen LogP contribution in [-0.2, 0) is 4.79 Å². The molecule has 194 valence electrons. The van der Waals surface area contributed by atoms with Crippen LogP contribution < -0.4 is 29.0 Å². The van der Waals surface area contributed by atoms with Crippen LogP contribution in [-0.4, -0.2) is 55.6 Å². The number of carbonyl (C=O) groups is 1.